The Hall–Kier alpha value is -0.630. The molecule has 2 heteroatoms. The van der Waals surface area contributed by atoms with Crippen LogP contribution in [0.15, 0.2) is 12.7 Å². The number of rotatable bonds is 2. The number of carbonyl (C=O) groups is 1. The van der Waals surface area contributed by atoms with Gasteiger partial charge in [-0.3, -0.25) is 4.79 Å². The summed E-state index contributed by atoms with van der Waals surface area (Å²) in [6, 6.07) is 0. The molecule has 1 heterocycles. The maximum atomic E-state index is 11.3. The minimum absolute atomic E-state index is 0.217. The molecule has 0 radical (unpaired) electrons. The molecule has 0 saturated carbocycles. The molecular formula is C9H15NO. The van der Waals surface area contributed by atoms with Crippen molar-refractivity contribution in [2.45, 2.75) is 19.8 Å². The van der Waals surface area contributed by atoms with Crippen LogP contribution in [-0.4, -0.2) is 18.9 Å². The van der Waals surface area contributed by atoms with Gasteiger partial charge in [0.1, 0.15) is 5.78 Å². The number of Topliss-reactive ketones (excluding diaryl/α,β-unsaturated/α-hetero) is 1. The quantitative estimate of drug-likeness (QED) is 0.602. The van der Waals surface area contributed by atoms with E-state index >= 15 is 0 Å². The zero-order valence-corrected chi connectivity index (χ0v) is 7.02. The van der Waals surface area contributed by atoms with Crippen molar-refractivity contribution >= 4 is 5.78 Å². The Morgan fingerprint density at radius 2 is 2.09 bits per heavy atom. The number of nitrogens with one attached hydrogen (secondary N) is 1. The van der Waals surface area contributed by atoms with Crippen LogP contribution in [0.25, 0.3) is 0 Å². The lowest BCUT2D eigenvalue weighted by Gasteiger charge is -2.32. The second kappa shape index (κ2) is 3.18. The largest absolute Gasteiger partial charge is 0.317 e. The molecule has 1 aliphatic heterocycles. The molecule has 0 spiro atoms. The molecular weight excluding hydrogens is 138 g/mol. The Balaban J connectivity index is 2.72. The number of allylic oxidation sites excluding steroid dienone is 1. The zero-order chi connectivity index (χ0) is 8.32. The molecule has 0 aromatic carbocycles. The summed E-state index contributed by atoms with van der Waals surface area (Å²) < 4.78 is 0. The van der Waals surface area contributed by atoms with Gasteiger partial charge in [0.05, 0.1) is 0 Å². The highest BCUT2D eigenvalue weighted by Gasteiger charge is 2.32. The second-order valence-corrected chi connectivity index (χ2v) is 3.17. The normalized spacial score (nSPS) is 22.6. The first kappa shape index (κ1) is 8.47. The fourth-order valence-corrected chi connectivity index (χ4v) is 1.57. The molecule has 0 aromatic rings. The average Bonchev–Trinajstić information content (AvgIpc) is 2.05. The fourth-order valence-electron chi connectivity index (χ4n) is 1.57. The van der Waals surface area contributed by atoms with Gasteiger partial charge in [0.25, 0.3) is 0 Å². The number of carbonyl (C=O) groups excluding carboxylic acids is 1. The summed E-state index contributed by atoms with van der Waals surface area (Å²) in [6.45, 7) is 7.26. The van der Waals surface area contributed by atoms with E-state index in [1.807, 2.05) is 6.08 Å². The summed E-state index contributed by atoms with van der Waals surface area (Å²) in [4.78, 5) is 11.3. The fraction of sp³-hybridized carbons (Fsp3) is 0.667. The molecule has 1 aliphatic rings. The van der Waals surface area contributed by atoms with E-state index < -0.39 is 0 Å². The van der Waals surface area contributed by atoms with Crippen molar-refractivity contribution in [3.63, 3.8) is 0 Å². The third kappa shape index (κ3) is 1.51. The molecule has 11 heavy (non-hydrogen) atoms. The maximum absolute atomic E-state index is 11.3. The summed E-state index contributed by atoms with van der Waals surface area (Å²) in [5, 5.41) is 3.23. The Morgan fingerprint density at radius 1 is 1.55 bits per heavy atom. The van der Waals surface area contributed by atoms with Gasteiger partial charge in [-0.05, 0) is 32.9 Å². The molecule has 1 saturated heterocycles. The molecule has 0 bridgehead atoms. The average molecular weight is 153 g/mol. The summed E-state index contributed by atoms with van der Waals surface area (Å²) in [7, 11) is 0. The van der Waals surface area contributed by atoms with Crippen LogP contribution >= 0.6 is 0 Å². The molecule has 0 aromatic heterocycles. The molecule has 0 atom stereocenters. The van der Waals surface area contributed by atoms with Crippen molar-refractivity contribution in [2.24, 2.45) is 5.41 Å². The maximum Gasteiger partial charge on any atom is 0.139 e. The van der Waals surface area contributed by atoms with Gasteiger partial charge in [-0.15, -0.1) is 6.58 Å². The molecule has 1 rings (SSSR count). The molecule has 0 aliphatic carbocycles. The van der Waals surface area contributed by atoms with Crippen LogP contribution in [0.3, 0.4) is 0 Å². The van der Waals surface area contributed by atoms with Crippen molar-refractivity contribution in [1.29, 1.82) is 0 Å². The van der Waals surface area contributed by atoms with E-state index in [9.17, 15) is 4.79 Å². The smallest absolute Gasteiger partial charge is 0.139 e. The van der Waals surface area contributed by atoms with Crippen molar-refractivity contribution in [3.05, 3.63) is 12.7 Å². The first-order valence-corrected chi connectivity index (χ1v) is 4.07. The van der Waals surface area contributed by atoms with Crippen LogP contribution < -0.4 is 5.32 Å². The van der Waals surface area contributed by atoms with Gasteiger partial charge >= 0.3 is 0 Å². The Labute approximate surface area is 67.7 Å². The summed E-state index contributed by atoms with van der Waals surface area (Å²) in [5.74, 6) is 0.258. The number of hydrogen-bond donors (Lipinski definition) is 1. The van der Waals surface area contributed by atoms with Crippen LogP contribution in [-0.2, 0) is 4.79 Å². The standard InChI is InChI=1S/C9H15NO/c1-3-9(8(2)11)4-6-10-7-5-9/h3,10H,1,4-7H2,2H3. The van der Waals surface area contributed by atoms with E-state index in [1.54, 1.807) is 6.92 Å². The molecule has 1 N–H and O–H groups in total. The van der Waals surface area contributed by atoms with Crippen LogP contribution in [0.4, 0.5) is 0 Å². The summed E-state index contributed by atoms with van der Waals surface area (Å²) >= 11 is 0. The zero-order valence-electron chi connectivity index (χ0n) is 7.02. The van der Waals surface area contributed by atoms with Crippen LogP contribution in [0, 0.1) is 5.41 Å². The Bertz CT molecular complexity index is 168. The molecule has 2 nitrogen and oxygen atoms in total. The van der Waals surface area contributed by atoms with E-state index in [1.165, 1.54) is 0 Å². The Morgan fingerprint density at radius 3 is 2.36 bits per heavy atom. The predicted octanol–water partition coefficient (Wildman–Crippen LogP) is 1.13. The van der Waals surface area contributed by atoms with Crippen LogP contribution in [0.5, 0.6) is 0 Å². The molecule has 0 amide bonds. The third-order valence-corrected chi connectivity index (χ3v) is 2.59. The first-order valence-electron chi connectivity index (χ1n) is 4.07. The van der Waals surface area contributed by atoms with Gasteiger partial charge in [0.2, 0.25) is 0 Å². The highest BCUT2D eigenvalue weighted by Crippen LogP contribution is 2.30. The van der Waals surface area contributed by atoms with Crippen molar-refractivity contribution in [1.82, 2.24) is 5.32 Å². The summed E-state index contributed by atoms with van der Waals surface area (Å²) in [6.07, 6.45) is 3.63. The van der Waals surface area contributed by atoms with Gasteiger partial charge < -0.3 is 5.32 Å². The predicted molar refractivity (Wildman–Crippen MR) is 45.4 cm³/mol. The lowest BCUT2D eigenvalue weighted by atomic mass is 9.76. The topological polar surface area (TPSA) is 29.1 Å². The SMILES string of the molecule is C=CC1(C(C)=O)CCNCC1. The number of hydrogen-bond acceptors (Lipinski definition) is 2. The second-order valence-electron chi connectivity index (χ2n) is 3.17. The number of piperidine rings is 1. The molecule has 62 valence electrons. The minimum atomic E-state index is -0.217. The van der Waals surface area contributed by atoms with Gasteiger partial charge in [-0.25, -0.2) is 0 Å². The van der Waals surface area contributed by atoms with Gasteiger partial charge in [-0.2, -0.15) is 0 Å². The van der Waals surface area contributed by atoms with Gasteiger partial charge in [0.15, 0.2) is 0 Å². The van der Waals surface area contributed by atoms with Gasteiger partial charge in [-0.1, -0.05) is 6.08 Å². The summed E-state index contributed by atoms with van der Waals surface area (Å²) in [5.41, 5.74) is -0.217. The van der Waals surface area contributed by atoms with E-state index in [0.29, 0.717) is 0 Å². The van der Waals surface area contributed by atoms with E-state index in [4.69, 9.17) is 0 Å². The molecule has 1 fully saturated rings. The minimum Gasteiger partial charge on any atom is -0.317 e. The van der Waals surface area contributed by atoms with Gasteiger partial charge in [0, 0.05) is 5.41 Å². The molecule has 0 unspecified atom stereocenters. The lowest BCUT2D eigenvalue weighted by Crippen LogP contribution is -2.39. The van der Waals surface area contributed by atoms with E-state index in [2.05, 4.69) is 11.9 Å². The van der Waals surface area contributed by atoms with E-state index in [0.717, 1.165) is 25.9 Å². The van der Waals surface area contributed by atoms with Crippen LogP contribution in [0.1, 0.15) is 19.8 Å². The monoisotopic (exact) mass is 153 g/mol. The highest BCUT2D eigenvalue weighted by molar-refractivity contribution is 5.84. The van der Waals surface area contributed by atoms with Crippen molar-refractivity contribution < 1.29 is 4.79 Å². The Kier molecular flexibility index (Phi) is 2.45. The van der Waals surface area contributed by atoms with Crippen molar-refractivity contribution in [3.8, 4) is 0 Å². The first-order chi connectivity index (χ1) is 5.21. The highest BCUT2D eigenvalue weighted by atomic mass is 16.1. The number of ketones is 1. The lowest BCUT2D eigenvalue weighted by molar-refractivity contribution is -0.125. The van der Waals surface area contributed by atoms with E-state index in [-0.39, 0.29) is 11.2 Å². The third-order valence-electron chi connectivity index (χ3n) is 2.59. The van der Waals surface area contributed by atoms with Crippen LogP contribution in [0.2, 0.25) is 0 Å². The van der Waals surface area contributed by atoms with Crippen molar-refractivity contribution in [2.75, 3.05) is 13.1 Å².